The highest BCUT2D eigenvalue weighted by Gasteiger charge is 2.18. The van der Waals surface area contributed by atoms with Crippen molar-refractivity contribution < 1.29 is 4.79 Å². The van der Waals surface area contributed by atoms with Crippen molar-refractivity contribution in [2.24, 2.45) is 5.92 Å². The Kier molecular flexibility index (Phi) is 5.15. The summed E-state index contributed by atoms with van der Waals surface area (Å²) in [5.74, 6) is 1.12. The van der Waals surface area contributed by atoms with Crippen LogP contribution in [-0.2, 0) is 0 Å². The van der Waals surface area contributed by atoms with E-state index in [0.29, 0.717) is 6.54 Å². The third-order valence-corrected chi connectivity index (χ3v) is 4.26. The van der Waals surface area contributed by atoms with E-state index in [1.54, 1.807) is 0 Å². The summed E-state index contributed by atoms with van der Waals surface area (Å²) in [5.41, 5.74) is 2.05. The van der Waals surface area contributed by atoms with Gasteiger partial charge in [0.15, 0.2) is 5.78 Å². The second-order valence-corrected chi connectivity index (χ2v) is 5.77. The van der Waals surface area contributed by atoms with Gasteiger partial charge in [-0.2, -0.15) is 0 Å². The quantitative estimate of drug-likeness (QED) is 0.769. The molecular weight excluding hydrogens is 234 g/mol. The van der Waals surface area contributed by atoms with E-state index in [-0.39, 0.29) is 5.78 Å². The van der Waals surface area contributed by atoms with Gasteiger partial charge in [0.05, 0.1) is 6.54 Å². The molecule has 0 aliphatic carbocycles. The lowest BCUT2D eigenvalue weighted by atomic mass is 9.98. The second-order valence-electron chi connectivity index (χ2n) is 5.77. The predicted molar refractivity (Wildman–Crippen MR) is 79.6 cm³/mol. The van der Waals surface area contributed by atoms with Crippen LogP contribution < -0.4 is 0 Å². The topological polar surface area (TPSA) is 20.3 Å². The van der Waals surface area contributed by atoms with Crippen LogP contribution in [0.3, 0.4) is 0 Å². The summed E-state index contributed by atoms with van der Waals surface area (Å²) in [5, 5.41) is 0. The average Bonchev–Trinajstić information content (AvgIpc) is 2.64. The molecule has 0 saturated carbocycles. The first-order valence-corrected chi connectivity index (χ1v) is 7.51. The molecule has 2 heteroatoms. The molecule has 1 aromatic carbocycles. The summed E-state index contributed by atoms with van der Waals surface area (Å²) in [7, 11) is 0. The van der Waals surface area contributed by atoms with Crippen molar-refractivity contribution in [2.45, 2.75) is 39.5 Å². The number of Topliss-reactive ketones (excluding diaryl/α,β-unsaturated/α-hetero) is 1. The van der Waals surface area contributed by atoms with Crippen molar-refractivity contribution >= 4 is 5.78 Å². The number of likely N-dealkylation sites (tertiary alicyclic amines) is 1. The van der Waals surface area contributed by atoms with Gasteiger partial charge in [0.25, 0.3) is 0 Å². The third kappa shape index (κ3) is 4.17. The second kappa shape index (κ2) is 6.85. The fourth-order valence-electron chi connectivity index (χ4n) is 2.83. The van der Waals surface area contributed by atoms with E-state index in [9.17, 15) is 4.79 Å². The SMILES string of the molecule is CCC1CCCN(CC(=O)c2ccc(C)cc2)CC1. The van der Waals surface area contributed by atoms with E-state index in [0.717, 1.165) is 24.6 Å². The Balaban J connectivity index is 1.90. The number of hydrogen-bond donors (Lipinski definition) is 0. The number of ketones is 1. The molecule has 1 atom stereocenters. The number of aryl methyl sites for hydroxylation is 1. The minimum Gasteiger partial charge on any atom is -0.296 e. The zero-order chi connectivity index (χ0) is 13.7. The van der Waals surface area contributed by atoms with Gasteiger partial charge >= 0.3 is 0 Å². The smallest absolute Gasteiger partial charge is 0.176 e. The molecule has 0 radical (unpaired) electrons. The number of carbonyl (C=O) groups is 1. The van der Waals surface area contributed by atoms with Crippen LogP contribution in [0.15, 0.2) is 24.3 Å². The van der Waals surface area contributed by atoms with Gasteiger partial charge in [0.1, 0.15) is 0 Å². The molecule has 0 N–H and O–H groups in total. The Bertz CT molecular complexity index is 410. The van der Waals surface area contributed by atoms with Crippen molar-refractivity contribution in [1.29, 1.82) is 0 Å². The minimum absolute atomic E-state index is 0.259. The molecule has 1 aromatic rings. The highest BCUT2D eigenvalue weighted by Crippen LogP contribution is 2.20. The molecule has 2 rings (SSSR count). The summed E-state index contributed by atoms with van der Waals surface area (Å²) in [6.07, 6.45) is 5.09. The van der Waals surface area contributed by atoms with E-state index in [2.05, 4.69) is 11.8 Å². The molecular formula is C17H25NO. The van der Waals surface area contributed by atoms with Crippen molar-refractivity contribution in [3.63, 3.8) is 0 Å². The minimum atomic E-state index is 0.259. The Hall–Kier alpha value is -1.15. The van der Waals surface area contributed by atoms with Gasteiger partial charge in [-0.1, -0.05) is 43.2 Å². The Morgan fingerprint density at radius 3 is 2.63 bits per heavy atom. The maximum atomic E-state index is 12.2. The molecule has 104 valence electrons. The highest BCUT2D eigenvalue weighted by atomic mass is 16.1. The van der Waals surface area contributed by atoms with Crippen molar-refractivity contribution in [1.82, 2.24) is 4.90 Å². The maximum absolute atomic E-state index is 12.2. The zero-order valence-corrected chi connectivity index (χ0v) is 12.2. The monoisotopic (exact) mass is 259 g/mol. The summed E-state index contributed by atoms with van der Waals surface area (Å²) in [4.78, 5) is 14.6. The van der Waals surface area contributed by atoms with Gasteiger partial charge in [0, 0.05) is 5.56 Å². The Morgan fingerprint density at radius 2 is 1.95 bits per heavy atom. The van der Waals surface area contributed by atoms with Crippen molar-refractivity contribution in [3.05, 3.63) is 35.4 Å². The standard InChI is InChI=1S/C17H25NO/c1-3-15-5-4-11-18(12-10-15)13-17(19)16-8-6-14(2)7-9-16/h6-9,15H,3-5,10-13H2,1-2H3. The predicted octanol–water partition coefficient (Wildman–Crippen LogP) is 3.69. The summed E-state index contributed by atoms with van der Waals surface area (Å²) in [6, 6.07) is 7.93. The van der Waals surface area contributed by atoms with Crippen molar-refractivity contribution in [2.75, 3.05) is 19.6 Å². The van der Waals surface area contributed by atoms with Gasteiger partial charge in [-0.05, 0) is 45.2 Å². The fourth-order valence-corrected chi connectivity index (χ4v) is 2.83. The highest BCUT2D eigenvalue weighted by molar-refractivity contribution is 5.97. The van der Waals surface area contributed by atoms with E-state index >= 15 is 0 Å². The first kappa shape index (κ1) is 14.3. The van der Waals surface area contributed by atoms with Crippen molar-refractivity contribution in [3.8, 4) is 0 Å². The average molecular weight is 259 g/mol. The Morgan fingerprint density at radius 1 is 1.21 bits per heavy atom. The molecule has 2 nitrogen and oxygen atoms in total. The van der Waals surface area contributed by atoms with Crippen LogP contribution in [0.25, 0.3) is 0 Å². The van der Waals surface area contributed by atoms with Crippen LogP contribution in [0.2, 0.25) is 0 Å². The first-order chi connectivity index (χ1) is 9.19. The molecule has 1 saturated heterocycles. The number of nitrogens with zero attached hydrogens (tertiary/aromatic N) is 1. The van der Waals surface area contributed by atoms with Crippen LogP contribution in [-0.4, -0.2) is 30.3 Å². The van der Waals surface area contributed by atoms with Crippen LogP contribution in [0, 0.1) is 12.8 Å². The maximum Gasteiger partial charge on any atom is 0.176 e. The van der Waals surface area contributed by atoms with E-state index in [4.69, 9.17) is 0 Å². The molecule has 1 fully saturated rings. The first-order valence-electron chi connectivity index (χ1n) is 7.51. The summed E-state index contributed by atoms with van der Waals surface area (Å²) in [6.45, 7) is 7.06. The van der Waals surface area contributed by atoms with Gasteiger partial charge < -0.3 is 0 Å². The van der Waals surface area contributed by atoms with E-state index in [1.807, 2.05) is 31.2 Å². The van der Waals surface area contributed by atoms with Crippen LogP contribution in [0.1, 0.15) is 48.5 Å². The number of rotatable bonds is 4. The number of hydrogen-bond acceptors (Lipinski definition) is 2. The fraction of sp³-hybridized carbons (Fsp3) is 0.588. The lowest BCUT2D eigenvalue weighted by molar-refractivity contribution is 0.0932. The van der Waals surface area contributed by atoms with Gasteiger partial charge in [-0.15, -0.1) is 0 Å². The zero-order valence-electron chi connectivity index (χ0n) is 12.2. The Labute approximate surface area is 116 Å². The molecule has 0 bridgehead atoms. The van der Waals surface area contributed by atoms with Gasteiger partial charge in [0.2, 0.25) is 0 Å². The van der Waals surface area contributed by atoms with Crippen LogP contribution in [0.5, 0.6) is 0 Å². The lowest BCUT2D eigenvalue weighted by Gasteiger charge is -2.19. The molecule has 1 aliphatic rings. The van der Waals surface area contributed by atoms with Crippen LogP contribution in [0.4, 0.5) is 0 Å². The largest absolute Gasteiger partial charge is 0.296 e. The molecule has 1 aliphatic heterocycles. The lowest BCUT2D eigenvalue weighted by Crippen LogP contribution is -2.31. The molecule has 0 spiro atoms. The normalized spacial score (nSPS) is 21.1. The number of benzene rings is 1. The summed E-state index contributed by atoms with van der Waals surface area (Å²) >= 11 is 0. The van der Waals surface area contributed by atoms with Gasteiger partial charge in [-0.3, -0.25) is 9.69 Å². The number of carbonyl (C=O) groups excluding carboxylic acids is 1. The van der Waals surface area contributed by atoms with E-state index < -0.39 is 0 Å². The summed E-state index contributed by atoms with van der Waals surface area (Å²) < 4.78 is 0. The molecule has 1 heterocycles. The molecule has 0 amide bonds. The van der Waals surface area contributed by atoms with E-state index in [1.165, 1.54) is 31.2 Å². The molecule has 19 heavy (non-hydrogen) atoms. The molecule has 1 unspecified atom stereocenters. The molecule has 0 aromatic heterocycles. The third-order valence-electron chi connectivity index (χ3n) is 4.26. The van der Waals surface area contributed by atoms with Gasteiger partial charge in [-0.25, -0.2) is 0 Å². The van der Waals surface area contributed by atoms with Crippen LogP contribution >= 0.6 is 0 Å².